The first-order valence-corrected chi connectivity index (χ1v) is 5.46. The fourth-order valence-electron chi connectivity index (χ4n) is 1.36. The van der Waals surface area contributed by atoms with Crippen LogP contribution in [0.1, 0.15) is 30.0 Å². The number of nitrogens with zero attached hydrogens (tertiary/aromatic N) is 2. The van der Waals surface area contributed by atoms with E-state index in [0.717, 1.165) is 5.69 Å². The van der Waals surface area contributed by atoms with Crippen molar-refractivity contribution in [1.82, 2.24) is 15.1 Å². The highest BCUT2D eigenvalue weighted by molar-refractivity contribution is 5.92. The summed E-state index contributed by atoms with van der Waals surface area (Å²) in [5.41, 5.74) is 7.25. The molecule has 0 aliphatic rings. The van der Waals surface area contributed by atoms with Gasteiger partial charge in [-0.2, -0.15) is 5.10 Å². The van der Waals surface area contributed by atoms with Crippen LogP contribution in [0.5, 0.6) is 0 Å². The van der Waals surface area contributed by atoms with Crippen LogP contribution in [0.25, 0.3) is 0 Å². The molecule has 1 atom stereocenters. The Hall–Kier alpha value is -1.36. The minimum Gasteiger partial charge on any atom is -0.349 e. The quantitative estimate of drug-likeness (QED) is 0.779. The Kier molecular flexibility index (Phi) is 4.06. The number of aryl methyl sites for hydroxylation is 2. The maximum atomic E-state index is 11.8. The molecule has 1 amide bonds. The summed E-state index contributed by atoms with van der Waals surface area (Å²) in [7, 11) is 1.75. The molecule has 16 heavy (non-hydrogen) atoms. The van der Waals surface area contributed by atoms with Crippen molar-refractivity contribution in [2.75, 3.05) is 6.54 Å². The molecule has 0 radical (unpaired) electrons. The van der Waals surface area contributed by atoms with Gasteiger partial charge in [0, 0.05) is 19.6 Å². The van der Waals surface area contributed by atoms with Crippen LogP contribution in [0.3, 0.4) is 0 Å². The van der Waals surface area contributed by atoms with Gasteiger partial charge in [-0.25, -0.2) is 0 Å². The Labute approximate surface area is 96.0 Å². The fraction of sp³-hybridized carbons (Fsp3) is 0.636. The van der Waals surface area contributed by atoms with E-state index in [0.29, 0.717) is 18.2 Å². The molecule has 1 unspecified atom stereocenters. The van der Waals surface area contributed by atoms with Gasteiger partial charge in [0.1, 0.15) is 5.69 Å². The first-order chi connectivity index (χ1) is 7.41. The van der Waals surface area contributed by atoms with E-state index in [9.17, 15) is 4.79 Å². The average Bonchev–Trinajstić information content (AvgIpc) is 2.53. The van der Waals surface area contributed by atoms with Crippen LogP contribution in [0.15, 0.2) is 6.07 Å². The Morgan fingerprint density at radius 1 is 1.62 bits per heavy atom. The molecule has 0 aromatic carbocycles. The van der Waals surface area contributed by atoms with Crippen LogP contribution in [0, 0.1) is 12.8 Å². The predicted molar refractivity (Wildman–Crippen MR) is 63.1 cm³/mol. The molecular weight excluding hydrogens is 204 g/mol. The molecule has 1 aromatic rings. The topological polar surface area (TPSA) is 72.9 Å². The minimum absolute atomic E-state index is 0.0155. The third kappa shape index (κ3) is 3.06. The molecule has 1 aromatic heterocycles. The van der Waals surface area contributed by atoms with Crippen molar-refractivity contribution in [3.05, 3.63) is 17.5 Å². The predicted octanol–water partition coefficient (Wildman–Crippen LogP) is 0.442. The Morgan fingerprint density at radius 3 is 2.69 bits per heavy atom. The first kappa shape index (κ1) is 12.7. The third-order valence-electron chi connectivity index (χ3n) is 2.59. The molecule has 90 valence electrons. The zero-order chi connectivity index (χ0) is 12.3. The van der Waals surface area contributed by atoms with Gasteiger partial charge in [-0.3, -0.25) is 9.48 Å². The maximum absolute atomic E-state index is 11.8. The van der Waals surface area contributed by atoms with Gasteiger partial charge in [-0.15, -0.1) is 0 Å². The lowest BCUT2D eigenvalue weighted by Crippen LogP contribution is -2.40. The van der Waals surface area contributed by atoms with Gasteiger partial charge in [-0.1, -0.05) is 13.8 Å². The number of rotatable bonds is 4. The number of hydrogen-bond donors (Lipinski definition) is 2. The van der Waals surface area contributed by atoms with E-state index < -0.39 is 0 Å². The standard InChI is InChI=1S/C11H20N4O/c1-7(2)9(12)6-13-11(16)10-5-8(3)14-15(10)4/h5,7,9H,6,12H2,1-4H3,(H,13,16). The zero-order valence-electron chi connectivity index (χ0n) is 10.3. The van der Waals surface area contributed by atoms with Crippen LogP contribution >= 0.6 is 0 Å². The van der Waals surface area contributed by atoms with Crippen molar-refractivity contribution >= 4 is 5.91 Å². The number of nitrogens with one attached hydrogen (secondary N) is 1. The summed E-state index contributed by atoms with van der Waals surface area (Å²) in [6.45, 7) is 6.41. The molecule has 5 nitrogen and oxygen atoms in total. The average molecular weight is 224 g/mol. The SMILES string of the molecule is Cc1cc(C(=O)NCC(N)C(C)C)n(C)n1. The highest BCUT2D eigenvalue weighted by atomic mass is 16.2. The van der Waals surface area contributed by atoms with Crippen molar-refractivity contribution in [1.29, 1.82) is 0 Å². The van der Waals surface area contributed by atoms with Crippen molar-refractivity contribution in [3.8, 4) is 0 Å². The molecule has 1 rings (SSSR count). The van der Waals surface area contributed by atoms with E-state index in [4.69, 9.17) is 5.73 Å². The summed E-state index contributed by atoms with van der Waals surface area (Å²) in [4.78, 5) is 11.8. The second-order valence-corrected chi connectivity index (χ2v) is 4.41. The van der Waals surface area contributed by atoms with E-state index in [1.54, 1.807) is 17.8 Å². The summed E-state index contributed by atoms with van der Waals surface area (Å²) < 4.78 is 1.57. The lowest BCUT2D eigenvalue weighted by atomic mass is 10.1. The second kappa shape index (κ2) is 5.12. The van der Waals surface area contributed by atoms with Crippen LogP contribution in [-0.2, 0) is 7.05 Å². The number of nitrogens with two attached hydrogens (primary N) is 1. The van der Waals surface area contributed by atoms with Gasteiger partial charge in [0.2, 0.25) is 0 Å². The molecule has 0 bridgehead atoms. The van der Waals surface area contributed by atoms with Gasteiger partial charge in [0.15, 0.2) is 0 Å². The van der Waals surface area contributed by atoms with Crippen molar-refractivity contribution < 1.29 is 4.79 Å². The largest absolute Gasteiger partial charge is 0.349 e. The van der Waals surface area contributed by atoms with Crippen LogP contribution < -0.4 is 11.1 Å². The van der Waals surface area contributed by atoms with Gasteiger partial charge in [-0.05, 0) is 18.9 Å². The summed E-state index contributed by atoms with van der Waals surface area (Å²) in [6.07, 6.45) is 0. The molecular formula is C11H20N4O. The summed E-state index contributed by atoms with van der Waals surface area (Å²) in [6, 6.07) is 1.74. The third-order valence-corrected chi connectivity index (χ3v) is 2.59. The van der Waals surface area contributed by atoms with Crippen LogP contribution in [0.2, 0.25) is 0 Å². The summed E-state index contributed by atoms with van der Waals surface area (Å²) in [5.74, 6) is 0.229. The van der Waals surface area contributed by atoms with Crippen LogP contribution in [0.4, 0.5) is 0 Å². The van der Waals surface area contributed by atoms with Crippen molar-refractivity contribution in [2.45, 2.75) is 26.8 Å². The lowest BCUT2D eigenvalue weighted by Gasteiger charge is -2.15. The Morgan fingerprint density at radius 2 is 2.25 bits per heavy atom. The van der Waals surface area contributed by atoms with Crippen LogP contribution in [-0.4, -0.2) is 28.3 Å². The highest BCUT2D eigenvalue weighted by Gasteiger charge is 2.13. The van der Waals surface area contributed by atoms with Gasteiger partial charge < -0.3 is 11.1 Å². The molecule has 0 fully saturated rings. The number of carbonyl (C=O) groups is 1. The number of aromatic nitrogens is 2. The molecule has 0 aliphatic heterocycles. The number of amides is 1. The lowest BCUT2D eigenvalue weighted by molar-refractivity contribution is 0.0940. The molecule has 0 saturated heterocycles. The highest BCUT2D eigenvalue weighted by Crippen LogP contribution is 2.02. The van der Waals surface area contributed by atoms with Gasteiger partial charge >= 0.3 is 0 Å². The van der Waals surface area contributed by atoms with E-state index in [2.05, 4.69) is 10.4 Å². The second-order valence-electron chi connectivity index (χ2n) is 4.41. The van der Waals surface area contributed by atoms with E-state index in [1.807, 2.05) is 20.8 Å². The van der Waals surface area contributed by atoms with Gasteiger partial charge in [0.05, 0.1) is 5.69 Å². The normalized spacial score (nSPS) is 12.9. The maximum Gasteiger partial charge on any atom is 0.269 e. The van der Waals surface area contributed by atoms with E-state index in [-0.39, 0.29) is 11.9 Å². The molecule has 0 spiro atoms. The molecule has 5 heteroatoms. The number of carbonyl (C=O) groups excluding carboxylic acids is 1. The van der Waals surface area contributed by atoms with Crippen molar-refractivity contribution in [3.63, 3.8) is 0 Å². The van der Waals surface area contributed by atoms with Gasteiger partial charge in [0.25, 0.3) is 5.91 Å². The summed E-state index contributed by atoms with van der Waals surface area (Å²) in [5, 5.41) is 6.93. The zero-order valence-corrected chi connectivity index (χ0v) is 10.3. The molecule has 0 aliphatic carbocycles. The van der Waals surface area contributed by atoms with E-state index in [1.165, 1.54) is 0 Å². The molecule has 3 N–H and O–H groups in total. The molecule has 1 heterocycles. The first-order valence-electron chi connectivity index (χ1n) is 5.46. The smallest absolute Gasteiger partial charge is 0.269 e. The van der Waals surface area contributed by atoms with Crippen molar-refractivity contribution in [2.24, 2.45) is 18.7 Å². The number of hydrogen-bond acceptors (Lipinski definition) is 3. The van der Waals surface area contributed by atoms with E-state index >= 15 is 0 Å². The fourth-order valence-corrected chi connectivity index (χ4v) is 1.36. The summed E-state index contributed by atoms with van der Waals surface area (Å²) >= 11 is 0. The monoisotopic (exact) mass is 224 g/mol. The minimum atomic E-state index is -0.126. The Bertz CT molecular complexity index is 370. The molecule has 0 saturated carbocycles. The Balaban J connectivity index is 2.56.